The van der Waals surface area contributed by atoms with E-state index >= 15 is 0 Å². The monoisotopic (exact) mass is 1120 g/mol. The molecule has 0 bridgehead atoms. The number of allylic oxidation sites excluding steroid dienone is 2. The molecule has 0 amide bonds. The van der Waals surface area contributed by atoms with Crippen LogP contribution in [0.2, 0.25) is 0 Å². The molecule has 5 aliphatic rings. The van der Waals surface area contributed by atoms with Gasteiger partial charge in [0.2, 0.25) is 0 Å². The van der Waals surface area contributed by atoms with Gasteiger partial charge in [-0.25, -0.2) is 9.97 Å². The topological polar surface area (TPSA) is 139 Å². The minimum absolute atomic E-state index is 0.734. The Morgan fingerprint density at radius 2 is 1.15 bits per heavy atom. The summed E-state index contributed by atoms with van der Waals surface area (Å²) in [7, 11) is 0. The largest absolute Gasteiger partial charge is 0.488 e. The fourth-order valence-electron chi connectivity index (χ4n) is 9.72. The van der Waals surface area contributed by atoms with Gasteiger partial charge in [0.1, 0.15) is 18.3 Å². The molecule has 6 aromatic heterocycles. The minimum atomic E-state index is 0.734. The number of rotatable bonds is 0. The number of para-hydroxylation sites is 3. The first-order chi connectivity index (χ1) is 41.4. The Labute approximate surface area is 500 Å². The van der Waals surface area contributed by atoms with Crippen LogP contribution in [0.1, 0.15) is 57.0 Å². The molecule has 0 aliphatic carbocycles. The number of aryl methyl sites for hydroxylation is 7. The number of amidine groups is 1. The van der Waals surface area contributed by atoms with Crippen molar-refractivity contribution in [2.45, 2.75) is 68.2 Å². The van der Waals surface area contributed by atoms with Gasteiger partial charge in [0.05, 0.1) is 35.3 Å². The van der Waals surface area contributed by atoms with Crippen LogP contribution in [0.4, 0.5) is 17.3 Å². The number of pyridine rings is 6. The Hall–Kier alpha value is -9.94. The standard InChI is InChI=1S/4C10H9N.C9H9N.C8H10N2O.2C8H10N2/c1-8-4-2-5-9-6-3-7-11-10(8)9;1-8-3-2-4-9-5-6-11-7-10(8)9;2*1-8-6-9-4-2-3-5-10(9)11-7-8;1-7-2-3-8-4-5-10-9(8)6-7;1-6-4-7-8(10-5-6)9-2-3-11-7;1-7-2-4-10-5-3-9-8(10)6-7;1-6-4-7-2-3-9-8(7)10-5-6/h4*2-7H,1H3;2-3,5-6H,4H2,1H3;4-5H,2-3H2,1H3,(H,9,10);2,4,6H,3,5H2,1H3;4-5H,2-3H2,1H3,(H,9,10). The van der Waals surface area contributed by atoms with Gasteiger partial charge in [0.25, 0.3) is 0 Å². The smallest absolute Gasteiger partial charge is 0.168 e. The van der Waals surface area contributed by atoms with Crippen LogP contribution in [0.25, 0.3) is 43.5 Å². The lowest BCUT2D eigenvalue weighted by Gasteiger charge is -2.17. The van der Waals surface area contributed by atoms with Crippen LogP contribution in [0, 0.1) is 48.5 Å². The molecule has 12 heteroatoms. The summed E-state index contributed by atoms with van der Waals surface area (Å²) in [6.07, 6.45) is 23.5. The van der Waals surface area contributed by atoms with E-state index in [1.807, 2.05) is 111 Å². The van der Waals surface area contributed by atoms with Gasteiger partial charge in [-0.05, 0) is 184 Å². The van der Waals surface area contributed by atoms with Gasteiger partial charge in [-0.3, -0.25) is 29.9 Å². The zero-order valence-corrected chi connectivity index (χ0v) is 50.1. The molecule has 428 valence electrons. The number of nitrogens with one attached hydrogen (secondary N) is 2. The Morgan fingerprint density at radius 3 is 1.89 bits per heavy atom. The van der Waals surface area contributed by atoms with E-state index in [0.29, 0.717) is 0 Å². The molecule has 2 N–H and O–H groups in total. The average Bonchev–Trinajstić information content (AvgIpc) is 4.34. The summed E-state index contributed by atoms with van der Waals surface area (Å²) in [5.74, 6) is 3.93. The zero-order valence-electron chi connectivity index (χ0n) is 50.1. The lowest BCUT2D eigenvalue weighted by molar-refractivity contribution is 0.321. The second-order valence-electron chi connectivity index (χ2n) is 21.3. The lowest BCUT2D eigenvalue weighted by Crippen LogP contribution is -2.21. The van der Waals surface area contributed by atoms with E-state index in [0.717, 1.165) is 96.6 Å². The first kappa shape index (κ1) is 59.7. The third-order valence-corrected chi connectivity index (χ3v) is 14.2. The van der Waals surface area contributed by atoms with Crippen molar-refractivity contribution in [1.29, 1.82) is 0 Å². The van der Waals surface area contributed by atoms with E-state index in [-0.39, 0.29) is 0 Å². The number of benzene rings is 5. The Morgan fingerprint density at radius 1 is 0.506 bits per heavy atom. The van der Waals surface area contributed by atoms with Gasteiger partial charge in [0, 0.05) is 96.8 Å². The molecule has 0 unspecified atom stereocenters. The molecule has 5 aromatic carbocycles. The molecular formula is C73H75N11O. The Bertz CT molecular complexity index is 3990. The molecule has 0 saturated heterocycles. The fourth-order valence-corrected chi connectivity index (χ4v) is 9.72. The third-order valence-electron chi connectivity index (χ3n) is 14.2. The number of hydrogen-bond acceptors (Lipinski definition) is 12. The van der Waals surface area contributed by atoms with E-state index in [1.165, 1.54) is 77.0 Å². The summed E-state index contributed by atoms with van der Waals surface area (Å²) >= 11 is 0. The number of aromatic nitrogens is 6. The molecule has 0 spiro atoms. The van der Waals surface area contributed by atoms with Crippen molar-refractivity contribution in [3.63, 3.8) is 0 Å². The van der Waals surface area contributed by atoms with E-state index < -0.39 is 0 Å². The van der Waals surface area contributed by atoms with Crippen LogP contribution in [0.3, 0.4) is 0 Å². The molecule has 0 radical (unpaired) electrons. The van der Waals surface area contributed by atoms with Gasteiger partial charge >= 0.3 is 0 Å². The highest BCUT2D eigenvalue weighted by Crippen LogP contribution is 2.26. The van der Waals surface area contributed by atoms with Crippen molar-refractivity contribution in [2.75, 3.05) is 43.4 Å². The molecule has 12 nitrogen and oxygen atoms in total. The van der Waals surface area contributed by atoms with Crippen molar-refractivity contribution in [2.24, 2.45) is 9.98 Å². The molecule has 5 aliphatic heterocycles. The molecule has 85 heavy (non-hydrogen) atoms. The lowest BCUT2D eigenvalue weighted by atomic mass is 10.1. The molecule has 0 atom stereocenters. The number of hydrogen-bond donors (Lipinski definition) is 2. The summed E-state index contributed by atoms with van der Waals surface area (Å²) < 4.78 is 5.38. The number of nitrogens with zero attached hydrogens (tertiary/aromatic N) is 9. The number of fused-ring (bicyclic) bond motifs is 8. The molecular weight excluding hydrogens is 1050 g/mol. The first-order valence-corrected chi connectivity index (χ1v) is 29.0. The van der Waals surface area contributed by atoms with Crippen LogP contribution in [-0.2, 0) is 12.8 Å². The SMILES string of the molecule is CC1=CC2=NCCN2C=C1.Cc1ccc2c(c1)N=CC2.Cc1cccc2cccnc12.Cc1cccc2ccncc12.Cc1cnc2c(c1)CCN2.Cc1cnc2c(c1)OCCN2.Cc1cnc2ccccc2c1.Cc1cnc2ccccc2c1. The predicted octanol–water partition coefficient (Wildman–Crippen LogP) is 16.2. The van der Waals surface area contributed by atoms with Gasteiger partial charge in [-0.15, -0.1) is 0 Å². The molecule has 11 heterocycles. The molecule has 0 fully saturated rings. The molecule has 16 rings (SSSR count). The Balaban J connectivity index is 0.000000116. The quantitative estimate of drug-likeness (QED) is 0.151. The van der Waals surface area contributed by atoms with Crippen molar-refractivity contribution in [1.82, 2.24) is 34.8 Å². The van der Waals surface area contributed by atoms with E-state index in [2.05, 4.69) is 213 Å². The zero-order chi connectivity index (χ0) is 59.3. The summed E-state index contributed by atoms with van der Waals surface area (Å²) in [5, 5.41) is 12.5. The molecule has 11 aromatic rings. The van der Waals surface area contributed by atoms with Crippen molar-refractivity contribution in [3.05, 3.63) is 263 Å². The predicted molar refractivity (Wildman–Crippen MR) is 355 cm³/mol. The maximum atomic E-state index is 5.38. The van der Waals surface area contributed by atoms with Crippen molar-refractivity contribution in [3.8, 4) is 5.75 Å². The van der Waals surface area contributed by atoms with Gasteiger partial charge in [0.15, 0.2) is 11.6 Å². The highest BCUT2D eigenvalue weighted by atomic mass is 16.5. The normalized spacial score (nSPS) is 13.2. The van der Waals surface area contributed by atoms with Gasteiger partial charge in [-0.2, -0.15) is 0 Å². The summed E-state index contributed by atoms with van der Waals surface area (Å²) in [6, 6.07) is 49.7. The summed E-state index contributed by atoms with van der Waals surface area (Å²) in [5.41, 5.74) is 17.0. The van der Waals surface area contributed by atoms with Crippen LogP contribution < -0.4 is 15.4 Å². The highest BCUT2D eigenvalue weighted by molar-refractivity contribution is 5.96. The van der Waals surface area contributed by atoms with Crippen LogP contribution in [-0.4, -0.2) is 79.6 Å². The first-order valence-electron chi connectivity index (χ1n) is 29.0. The fraction of sp³-hybridized carbons (Fsp3) is 0.205. The highest BCUT2D eigenvalue weighted by Gasteiger charge is 2.14. The number of aliphatic imine (C=N–C) groups is 2. The third kappa shape index (κ3) is 17.3. The van der Waals surface area contributed by atoms with E-state index in [9.17, 15) is 0 Å². The summed E-state index contributed by atoms with van der Waals surface area (Å²) in [6.45, 7) is 21.2. The van der Waals surface area contributed by atoms with Gasteiger partial charge in [-0.1, -0.05) is 97.1 Å². The average molecular weight is 1120 g/mol. The second kappa shape index (κ2) is 29.9. The van der Waals surface area contributed by atoms with Crippen molar-refractivity contribution < 1.29 is 4.74 Å². The summed E-state index contributed by atoms with van der Waals surface area (Å²) in [4.78, 5) is 36.1. The second-order valence-corrected chi connectivity index (χ2v) is 21.3. The van der Waals surface area contributed by atoms with Crippen molar-refractivity contribution >= 4 is 72.9 Å². The van der Waals surface area contributed by atoms with E-state index in [1.54, 1.807) is 0 Å². The Kier molecular flexibility index (Phi) is 21.0. The maximum Gasteiger partial charge on any atom is 0.168 e. The van der Waals surface area contributed by atoms with Crippen LogP contribution in [0.5, 0.6) is 5.75 Å². The number of anilines is 2. The minimum Gasteiger partial charge on any atom is -0.488 e. The maximum absolute atomic E-state index is 5.38. The number of ether oxygens (including phenoxy) is 1. The van der Waals surface area contributed by atoms with E-state index in [4.69, 9.17) is 4.74 Å². The van der Waals surface area contributed by atoms with Gasteiger partial charge < -0.3 is 20.3 Å². The molecule has 0 saturated carbocycles. The van der Waals surface area contributed by atoms with Crippen LogP contribution in [0.15, 0.2) is 223 Å². The van der Waals surface area contributed by atoms with Crippen LogP contribution >= 0.6 is 0 Å².